The summed E-state index contributed by atoms with van der Waals surface area (Å²) >= 11 is 0. The number of carboxylic acids is 2. The lowest BCUT2D eigenvalue weighted by molar-refractivity contribution is -0.134. The lowest BCUT2D eigenvalue weighted by Gasteiger charge is -2.23. The van der Waals surface area contributed by atoms with Crippen molar-refractivity contribution in [1.29, 1.82) is 0 Å². The van der Waals surface area contributed by atoms with Gasteiger partial charge in [-0.3, -0.25) is 9.48 Å². The largest absolute Gasteiger partial charge is 0.478 e. The molecule has 0 radical (unpaired) electrons. The monoisotopic (exact) mass is 456 g/mol. The minimum atomic E-state index is -1.26. The van der Waals surface area contributed by atoms with Gasteiger partial charge in [0.2, 0.25) is 0 Å². The van der Waals surface area contributed by atoms with Crippen LogP contribution in [-0.4, -0.2) is 68.4 Å². The van der Waals surface area contributed by atoms with Crippen molar-refractivity contribution in [2.24, 2.45) is 17.8 Å². The molecule has 3 N–H and O–H groups in total. The number of amides is 1. The van der Waals surface area contributed by atoms with Crippen LogP contribution in [0.2, 0.25) is 0 Å². The third kappa shape index (κ3) is 5.98. The summed E-state index contributed by atoms with van der Waals surface area (Å²) < 4.78 is 1.92. The van der Waals surface area contributed by atoms with Gasteiger partial charge in [0, 0.05) is 55.5 Å². The van der Waals surface area contributed by atoms with E-state index in [0.29, 0.717) is 29.7 Å². The zero-order valence-electron chi connectivity index (χ0n) is 19.4. The smallest absolute Gasteiger partial charge is 0.328 e. The summed E-state index contributed by atoms with van der Waals surface area (Å²) in [7, 11) is 0. The summed E-state index contributed by atoms with van der Waals surface area (Å²) in [6.07, 6.45) is 3.13. The van der Waals surface area contributed by atoms with E-state index in [4.69, 9.17) is 10.2 Å². The zero-order chi connectivity index (χ0) is 24.3. The number of hydrogen-bond acceptors (Lipinski definition) is 5. The maximum absolute atomic E-state index is 12.7. The molecule has 2 aromatic rings. The molecule has 2 atom stereocenters. The van der Waals surface area contributed by atoms with E-state index >= 15 is 0 Å². The summed E-state index contributed by atoms with van der Waals surface area (Å²) in [5, 5.41) is 24.4. The first kappa shape index (κ1) is 24.4. The number of benzene rings is 1. The van der Waals surface area contributed by atoms with Crippen molar-refractivity contribution in [2.75, 3.05) is 19.6 Å². The number of aromatic nitrogens is 2. The van der Waals surface area contributed by atoms with Crippen molar-refractivity contribution in [1.82, 2.24) is 20.0 Å². The van der Waals surface area contributed by atoms with E-state index in [9.17, 15) is 14.4 Å². The van der Waals surface area contributed by atoms with Crippen molar-refractivity contribution in [2.45, 2.75) is 39.8 Å². The van der Waals surface area contributed by atoms with Crippen LogP contribution in [0.15, 0.2) is 36.5 Å². The Morgan fingerprint density at radius 2 is 1.67 bits per heavy atom. The molecule has 0 bridgehead atoms. The van der Waals surface area contributed by atoms with E-state index in [-0.39, 0.29) is 11.9 Å². The summed E-state index contributed by atoms with van der Waals surface area (Å²) in [4.78, 5) is 34.3. The number of hydrogen-bond donors (Lipinski definition) is 3. The Hall–Kier alpha value is -3.20. The molecule has 2 aliphatic rings. The van der Waals surface area contributed by atoms with Gasteiger partial charge in [-0.15, -0.1) is 0 Å². The Labute approximate surface area is 193 Å². The molecule has 2 fully saturated rings. The van der Waals surface area contributed by atoms with Crippen LogP contribution in [0.25, 0.3) is 10.9 Å². The SMILES string of the molecule is CC(C)N1CC2C(CNC(=O)c3cccc4cn(C(C)C)nc34)C2C1.O=C(O)/C=C/C(=O)O. The zero-order valence-corrected chi connectivity index (χ0v) is 19.4. The second-order valence-corrected chi connectivity index (χ2v) is 9.21. The van der Waals surface area contributed by atoms with Crippen LogP contribution in [0, 0.1) is 17.8 Å². The highest BCUT2D eigenvalue weighted by molar-refractivity contribution is 6.05. The Morgan fingerprint density at radius 1 is 1.06 bits per heavy atom. The molecule has 4 rings (SSSR count). The fourth-order valence-corrected chi connectivity index (χ4v) is 4.37. The van der Waals surface area contributed by atoms with E-state index < -0.39 is 11.9 Å². The minimum absolute atomic E-state index is 0.00490. The van der Waals surface area contributed by atoms with E-state index in [1.54, 1.807) is 0 Å². The van der Waals surface area contributed by atoms with Crippen LogP contribution < -0.4 is 5.32 Å². The van der Waals surface area contributed by atoms with Gasteiger partial charge in [0.1, 0.15) is 5.52 Å². The first-order valence-electron chi connectivity index (χ1n) is 11.2. The van der Waals surface area contributed by atoms with Crippen LogP contribution in [0.5, 0.6) is 0 Å². The number of carbonyl (C=O) groups is 3. The number of rotatable bonds is 7. The number of fused-ring (bicyclic) bond motifs is 2. The van der Waals surface area contributed by atoms with E-state index in [0.717, 1.165) is 29.3 Å². The van der Waals surface area contributed by atoms with Gasteiger partial charge in [0.05, 0.1) is 5.56 Å². The molecule has 0 spiro atoms. The summed E-state index contributed by atoms with van der Waals surface area (Å²) in [6, 6.07) is 6.76. The molecule has 1 aliphatic carbocycles. The molecule has 1 aromatic carbocycles. The molecule has 1 aliphatic heterocycles. The number of nitrogens with one attached hydrogen (secondary N) is 1. The second kappa shape index (κ2) is 10.2. The van der Waals surface area contributed by atoms with Gasteiger partial charge in [0.15, 0.2) is 0 Å². The first-order chi connectivity index (χ1) is 15.6. The molecule has 1 saturated carbocycles. The highest BCUT2D eigenvalue weighted by Gasteiger charge is 2.55. The topological polar surface area (TPSA) is 125 Å². The highest BCUT2D eigenvalue weighted by Crippen LogP contribution is 2.51. The van der Waals surface area contributed by atoms with Crippen molar-refractivity contribution in [3.05, 3.63) is 42.1 Å². The fraction of sp³-hybridized carbons (Fsp3) is 0.500. The molecule has 1 amide bonds. The van der Waals surface area contributed by atoms with Crippen LogP contribution in [-0.2, 0) is 9.59 Å². The molecule has 1 aromatic heterocycles. The summed E-state index contributed by atoms with van der Waals surface area (Å²) in [5.74, 6) is -0.297. The Bertz CT molecular complexity index is 1030. The quantitative estimate of drug-likeness (QED) is 0.547. The average molecular weight is 457 g/mol. The molecule has 33 heavy (non-hydrogen) atoms. The van der Waals surface area contributed by atoms with Crippen molar-refractivity contribution in [3.8, 4) is 0 Å². The average Bonchev–Trinajstić information content (AvgIpc) is 3.12. The molecule has 2 unspecified atom stereocenters. The van der Waals surface area contributed by atoms with Gasteiger partial charge in [-0.2, -0.15) is 5.10 Å². The maximum Gasteiger partial charge on any atom is 0.328 e. The number of carboxylic acid groups (broad SMARTS) is 2. The Kier molecular flexibility index (Phi) is 7.53. The van der Waals surface area contributed by atoms with Crippen LogP contribution in [0.3, 0.4) is 0 Å². The molecule has 1 saturated heterocycles. The number of piperidine rings is 1. The number of likely N-dealkylation sites (tertiary alicyclic amines) is 1. The molecular weight excluding hydrogens is 424 g/mol. The van der Waals surface area contributed by atoms with Crippen LogP contribution in [0.4, 0.5) is 0 Å². The lowest BCUT2D eigenvalue weighted by Crippen LogP contribution is -2.34. The molecule has 2 heterocycles. The summed E-state index contributed by atoms with van der Waals surface area (Å²) in [6.45, 7) is 11.9. The molecule has 178 valence electrons. The number of aliphatic carboxylic acids is 2. The predicted molar refractivity (Wildman–Crippen MR) is 124 cm³/mol. The van der Waals surface area contributed by atoms with Gasteiger partial charge in [-0.25, -0.2) is 9.59 Å². The maximum atomic E-state index is 12.7. The van der Waals surface area contributed by atoms with E-state index in [2.05, 4.69) is 43.0 Å². The Balaban J connectivity index is 0.000000331. The van der Waals surface area contributed by atoms with Crippen LogP contribution >= 0.6 is 0 Å². The first-order valence-corrected chi connectivity index (χ1v) is 11.2. The lowest BCUT2D eigenvalue weighted by atomic mass is 10.1. The minimum Gasteiger partial charge on any atom is -0.478 e. The normalized spacial score (nSPS) is 21.8. The van der Waals surface area contributed by atoms with Gasteiger partial charge in [-0.1, -0.05) is 12.1 Å². The fourth-order valence-electron chi connectivity index (χ4n) is 4.37. The summed E-state index contributed by atoms with van der Waals surface area (Å²) in [5.41, 5.74) is 1.49. The highest BCUT2D eigenvalue weighted by atomic mass is 16.4. The molecular formula is C24H32N4O5. The molecule has 9 nitrogen and oxygen atoms in total. The van der Waals surface area contributed by atoms with Gasteiger partial charge >= 0.3 is 11.9 Å². The third-order valence-electron chi connectivity index (χ3n) is 6.32. The van der Waals surface area contributed by atoms with Crippen LogP contribution in [0.1, 0.15) is 44.1 Å². The van der Waals surface area contributed by atoms with E-state index in [1.807, 2.05) is 29.1 Å². The second-order valence-electron chi connectivity index (χ2n) is 9.21. The molecule has 9 heteroatoms. The van der Waals surface area contributed by atoms with E-state index in [1.165, 1.54) is 13.1 Å². The Morgan fingerprint density at radius 3 is 2.18 bits per heavy atom. The standard InChI is InChI=1S/C20H28N4O.C4H4O4/c1-12(2)23-10-17-16(18(17)11-23)8-21-20(25)15-7-5-6-14-9-24(13(3)4)22-19(14)15;5-3(6)1-2-4(7)8/h5-7,9,12-13,16-18H,8,10-11H2,1-4H3,(H,21,25);1-2H,(H,5,6)(H,7,8)/b;2-1+. The van der Waals surface area contributed by atoms with Crippen molar-refractivity contribution >= 4 is 28.7 Å². The van der Waals surface area contributed by atoms with Crippen molar-refractivity contribution in [3.63, 3.8) is 0 Å². The van der Waals surface area contributed by atoms with Gasteiger partial charge in [0.25, 0.3) is 5.91 Å². The predicted octanol–water partition coefficient (Wildman–Crippen LogP) is 2.64. The van der Waals surface area contributed by atoms with Gasteiger partial charge < -0.3 is 20.4 Å². The third-order valence-corrected chi connectivity index (χ3v) is 6.32. The van der Waals surface area contributed by atoms with Crippen molar-refractivity contribution < 1.29 is 24.6 Å². The van der Waals surface area contributed by atoms with Gasteiger partial charge in [-0.05, 0) is 51.5 Å². The number of nitrogens with zero attached hydrogens (tertiary/aromatic N) is 3. The number of carbonyl (C=O) groups excluding carboxylic acids is 1.